The average molecular weight is 355 g/mol. The van der Waals surface area contributed by atoms with Gasteiger partial charge in [0.05, 0.1) is 0 Å². The molecule has 5 heteroatoms. The van der Waals surface area contributed by atoms with Crippen molar-refractivity contribution in [3.63, 3.8) is 0 Å². The average Bonchev–Trinajstić information content (AvgIpc) is 2.64. The zero-order valence-electron chi connectivity index (χ0n) is 15.5. The van der Waals surface area contributed by atoms with E-state index in [-0.39, 0.29) is 17.9 Å². The molecule has 0 bridgehead atoms. The fourth-order valence-corrected chi connectivity index (χ4v) is 2.65. The van der Waals surface area contributed by atoms with Crippen LogP contribution in [0.1, 0.15) is 31.9 Å². The molecule has 2 aromatic rings. The molecule has 1 aliphatic heterocycles. The van der Waals surface area contributed by atoms with E-state index in [9.17, 15) is 4.79 Å². The van der Waals surface area contributed by atoms with Gasteiger partial charge in [-0.1, -0.05) is 39.0 Å². The summed E-state index contributed by atoms with van der Waals surface area (Å²) < 4.78 is 16.6. The van der Waals surface area contributed by atoms with Gasteiger partial charge in [0.25, 0.3) is 5.91 Å². The van der Waals surface area contributed by atoms with Gasteiger partial charge >= 0.3 is 0 Å². The molecule has 3 rings (SSSR count). The summed E-state index contributed by atoms with van der Waals surface area (Å²) in [6, 6.07) is 13.5. The predicted octanol–water partition coefficient (Wildman–Crippen LogP) is 3.45. The fourth-order valence-electron chi connectivity index (χ4n) is 2.65. The predicted molar refractivity (Wildman–Crippen MR) is 99.9 cm³/mol. The highest BCUT2D eigenvalue weighted by atomic mass is 16.6. The van der Waals surface area contributed by atoms with Gasteiger partial charge < -0.3 is 19.5 Å². The summed E-state index contributed by atoms with van der Waals surface area (Å²) in [5, 5.41) is 2.85. The minimum absolute atomic E-state index is 0.0145. The Labute approximate surface area is 154 Å². The fraction of sp³-hybridized carbons (Fsp3) is 0.381. The Morgan fingerprint density at radius 1 is 1.04 bits per heavy atom. The van der Waals surface area contributed by atoms with Crippen molar-refractivity contribution in [3.05, 3.63) is 53.6 Å². The third kappa shape index (κ3) is 4.69. The summed E-state index contributed by atoms with van der Waals surface area (Å²) in [5.74, 6) is 1.99. The van der Waals surface area contributed by atoms with Crippen molar-refractivity contribution in [1.29, 1.82) is 0 Å². The van der Waals surface area contributed by atoms with Crippen molar-refractivity contribution in [3.8, 4) is 17.2 Å². The maximum absolute atomic E-state index is 12.0. The Balaban J connectivity index is 1.47. The SMILES string of the molecule is CC(C)(C)c1ccc(OCC(=O)NCc2ccc3c(c2)OCCO3)cc1. The number of carbonyl (C=O) groups is 1. The van der Waals surface area contributed by atoms with Gasteiger partial charge in [0, 0.05) is 6.54 Å². The van der Waals surface area contributed by atoms with Crippen LogP contribution in [0.4, 0.5) is 0 Å². The van der Waals surface area contributed by atoms with Crippen molar-refractivity contribution >= 4 is 5.91 Å². The van der Waals surface area contributed by atoms with E-state index >= 15 is 0 Å². The van der Waals surface area contributed by atoms with Crippen LogP contribution in [0.15, 0.2) is 42.5 Å². The van der Waals surface area contributed by atoms with Crippen molar-refractivity contribution in [2.45, 2.75) is 32.7 Å². The van der Waals surface area contributed by atoms with Gasteiger partial charge in [-0.25, -0.2) is 0 Å². The molecule has 0 radical (unpaired) electrons. The van der Waals surface area contributed by atoms with Gasteiger partial charge in [-0.2, -0.15) is 0 Å². The number of hydrogen-bond donors (Lipinski definition) is 1. The smallest absolute Gasteiger partial charge is 0.258 e. The molecule has 138 valence electrons. The number of amides is 1. The minimum Gasteiger partial charge on any atom is -0.486 e. The van der Waals surface area contributed by atoms with E-state index < -0.39 is 0 Å². The molecule has 0 saturated heterocycles. The van der Waals surface area contributed by atoms with E-state index in [0.29, 0.717) is 25.5 Å². The van der Waals surface area contributed by atoms with Crippen LogP contribution >= 0.6 is 0 Å². The third-order valence-electron chi connectivity index (χ3n) is 4.19. The first kappa shape index (κ1) is 18.1. The number of carbonyl (C=O) groups excluding carboxylic acids is 1. The lowest BCUT2D eigenvalue weighted by molar-refractivity contribution is -0.123. The first-order valence-electron chi connectivity index (χ1n) is 8.80. The van der Waals surface area contributed by atoms with E-state index in [1.807, 2.05) is 42.5 Å². The molecule has 0 atom stereocenters. The first-order chi connectivity index (χ1) is 12.4. The minimum atomic E-state index is -0.167. The number of benzene rings is 2. The zero-order chi connectivity index (χ0) is 18.6. The highest BCUT2D eigenvalue weighted by Crippen LogP contribution is 2.30. The largest absolute Gasteiger partial charge is 0.486 e. The van der Waals surface area contributed by atoms with Crippen LogP contribution in [0.3, 0.4) is 0 Å². The summed E-state index contributed by atoms with van der Waals surface area (Å²) in [7, 11) is 0. The van der Waals surface area contributed by atoms with Crippen LogP contribution in [-0.2, 0) is 16.8 Å². The molecule has 0 unspecified atom stereocenters. The molecular weight excluding hydrogens is 330 g/mol. The molecular formula is C21H25NO4. The molecule has 2 aromatic carbocycles. The topological polar surface area (TPSA) is 56.8 Å². The number of fused-ring (bicyclic) bond motifs is 1. The molecule has 0 saturated carbocycles. The molecule has 0 aliphatic carbocycles. The maximum Gasteiger partial charge on any atom is 0.258 e. The normalized spacial score (nSPS) is 13.2. The van der Waals surface area contributed by atoms with Crippen LogP contribution < -0.4 is 19.5 Å². The Kier molecular flexibility index (Phi) is 5.35. The van der Waals surface area contributed by atoms with Crippen molar-refractivity contribution in [2.24, 2.45) is 0 Å². The lowest BCUT2D eigenvalue weighted by Gasteiger charge is -2.19. The standard InChI is InChI=1S/C21H25NO4/c1-21(2,3)16-5-7-17(8-6-16)26-14-20(23)22-13-15-4-9-18-19(12-15)25-11-10-24-18/h4-9,12H,10-11,13-14H2,1-3H3,(H,22,23). The number of rotatable bonds is 5. The second-order valence-electron chi connectivity index (χ2n) is 7.32. The second kappa shape index (κ2) is 7.68. The van der Waals surface area contributed by atoms with Gasteiger partial charge in [0.1, 0.15) is 19.0 Å². The number of nitrogens with one attached hydrogen (secondary N) is 1. The van der Waals surface area contributed by atoms with Crippen LogP contribution in [0.2, 0.25) is 0 Å². The molecule has 0 spiro atoms. The van der Waals surface area contributed by atoms with Crippen molar-refractivity contribution < 1.29 is 19.0 Å². The van der Waals surface area contributed by atoms with Crippen LogP contribution in [-0.4, -0.2) is 25.7 Å². The van der Waals surface area contributed by atoms with Crippen molar-refractivity contribution in [2.75, 3.05) is 19.8 Å². The van der Waals surface area contributed by atoms with E-state index in [1.54, 1.807) is 0 Å². The first-order valence-corrected chi connectivity index (χ1v) is 8.80. The molecule has 1 aliphatic rings. The number of hydrogen-bond acceptors (Lipinski definition) is 4. The summed E-state index contributed by atoms with van der Waals surface area (Å²) in [6.45, 7) is 8.00. The molecule has 1 amide bonds. The molecule has 26 heavy (non-hydrogen) atoms. The van der Waals surface area contributed by atoms with Gasteiger partial charge in [-0.05, 0) is 40.8 Å². The molecule has 5 nitrogen and oxygen atoms in total. The third-order valence-corrected chi connectivity index (χ3v) is 4.19. The van der Waals surface area contributed by atoms with E-state index in [1.165, 1.54) is 5.56 Å². The Hall–Kier alpha value is -2.69. The van der Waals surface area contributed by atoms with Crippen LogP contribution in [0.5, 0.6) is 17.2 Å². The van der Waals surface area contributed by atoms with E-state index in [2.05, 4.69) is 26.1 Å². The Bertz CT molecular complexity index is 763. The van der Waals surface area contributed by atoms with Crippen molar-refractivity contribution in [1.82, 2.24) is 5.32 Å². The second-order valence-corrected chi connectivity index (χ2v) is 7.32. The molecule has 0 aromatic heterocycles. The lowest BCUT2D eigenvalue weighted by atomic mass is 9.87. The molecule has 0 fully saturated rings. The van der Waals surface area contributed by atoms with Gasteiger partial charge in [0.2, 0.25) is 0 Å². The highest BCUT2D eigenvalue weighted by Gasteiger charge is 2.14. The van der Waals surface area contributed by atoms with Crippen LogP contribution in [0, 0.1) is 0 Å². The van der Waals surface area contributed by atoms with E-state index in [0.717, 1.165) is 17.1 Å². The van der Waals surface area contributed by atoms with Gasteiger partial charge in [0.15, 0.2) is 18.1 Å². The van der Waals surface area contributed by atoms with E-state index in [4.69, 9.17) is 14.2 Å². The molecule has 1 N–H and O–H groups in total. The quantitative estimate of drug-likeness (QED) is 0.892. The Morgan fingerprint density at radius 2 is 1.73 bits per heavy atom. The maximum atomic E-state index is 12.0. The summed E-state index contributed by atoms with van der Waals surface area (Å²) in [5.41, 5.74) is 2.28. The van der Waals surface area contributed by atoms with Gasteiger partial charge in [-0.15, -0.1) is 0 Å². The number of ether oxygens (including phenoxy) is 3. The summed E-state index contributed by atoms with van der Waals surface area (Å²) in [6.07, 6.45) is 0. The zero-order valence-corrected chi connectivity index (χ0v) is 15.5. The monoisotopic (exact) mass is 355 g/mol. The lowest BCUT2D eigenvalue weighted by Crippen LogP contribution is -2.28. The summed E-state index contributed by atoms with van der Waals surface area (Å²) >= 11 is 0. The Morgan fingerprint density at radius 3 is 2.42 bits per heavy atom. The van der Waals surface area contributed by atoms with Gasteiger partial charge in [-0.3, -0.25) is 4.79 Å². The molecule has 1 heterocycles. The highest BCUT2D eigenvalue weighted by molar-refractivity contribution is 5.77. The van der Waals surface area contributed by atoms with Crippen LogP contribution in [0.25, 0.3) is 0 Å². The summed E-state index contributed by atoms with van der Waals surface area (Å²) in [4.78, 5) is 12.0.